The Labute approximate surface area is 119 Å². The Kier molecular flexibility index (Phi) is 5.13. The van der Waals surface area contributed by atoms with E-state index in [1.807, 2.05) is 30.3 Å². The molecule has 20 heavy (non-hydrogen) atoms. The van der Waals surface area contributed by atoms with Gasteiger partial charge >= 0.3 is 0 Å². The van der Waals surface area contributed by atoms with Gasteiger partial charge in [0.2, 0.25) is 0 Å². The minimum atomic E-state index is -0.199. The predicted molar refractivity (Wildman–Crippen MR) is 79.3 cm³/mol. The molecule has 0 amide bonds. The SMILES string of the molecule is COc1ccccc1CC(CN)Cc1cccc(F)c1. The predicted octanol–water partition coefficient (Wildman–Crippen LogP) is 3.19. The van der Waals surface area contributed by atoms with Crippen LogP contribution in [0.4, 0.5) is 4.39 Å². The Hall–Kier alpha value is -1.87. The summed E-state index contributed by atoms with van der Waals surface area (Å²) in [6.45, 7) is 0.564. The van der Waals surface area contributed by atoms with Crippen LogP contribution in [0, 0.1) is 11.7 Å². The maximum absolute atomic E-state index is 13.2. The van der Waals surface area contributed by atoms with Gasteiger partial charge in [0.15, 0.2) is 0 Å². The van der Waals surface area contributed by atoms with Gasteiger partial charge in [-0.25, -0.2) is 4.39 Å². The van der Waals surface area contributed by atoms with Gasteiger partial charge in [0.1, 0.15) is 11.6 Å². The number of para-hydroxylation sites is 1. The van der Waals surface area contributed by atoms with Crippen LogP contribution >= 0.6 is 0 Å². The monoisotopic (exact) mass is 273 g/mol. The van der Waals surface area contributed by atoms with Crippen molar-refractivity contribution in [3.63, 3.8) is 0 Å². The van der Waals surface area contributed by atoms with Gasteiger partial charge in [-0.2, -0.15) is 0 Å². The summed E-state index contributed by atoms with van der Waals surface area (Å²) in [7, 11) is 1.67. The average molecular weight is 273 g/mol. The normalized spacial score (nSPS) is 12.2. The molecule has 2 N–H and O–H groups in total. The molecule has 2 rings (SSSR count). The topological polar surface area (TPSA) is 35.2 Å². The Balaban J connectivity index is 2.09. The molecule has 0 aliphatic carbocycles. The van der Waals surface area contributed by atoms with E-state index in [-0.39, 0.29) is 11.7 Å². The number of benzene rings is 2. The first kappa shape index (κ1) is 14.5. The lowest BCUT2D eigenvalue weighted by atomic mass is 9.92. The summed E-state index contributed by atoms with van der Waals surface area (Å²) in [5.74, 6) is 0.953. The molecular weight excluding hydrogens is 253 g/mol. The van der Waals surface area contributed by atoms with Crippen molar-refractivity contribution in [3.8, 4) is 5.75 Å². The lowest BCUT2D eigenvalue weighted by Gasteiger charge is -2.17. The van der Waals surface area contributed by atoms with Crippen molar-refractivity contribution in [2.45, 2.75) is 12.8 Å². The third-order valence-corrected chi connectivity index (χ3v) is 3.45. The molecule has 0 aliphatic rings. The summed E-state index contributed by atoms with van der Waals surface area (Å²) < 4.78 is 18.6. The third kappa shape index (κ3) is 3.81. The van der Waals surface area contributed by atoms with Gasteiger partial charge in [-0.05, 0) is 54.6 Å². The fourth-order valence-electron chi connectivity index (χ4n) is 2.42. The lowest BCUT2D eigenvalue weighted by Crippen LogP contribution is -2.19. The summed E-state index contributed by atoms with van der Waals surface area (Å²) in [4.78, 5) is 0. The van der Waals surface area contributed by atoms with Gasteiger partial charge < -0.3 is 10.5 Å². The molecule has 0 bridgehead atoms. The molecule has 106 valence electrons. The number of hydrogen-bond donors (Lipinski definition) is 1. The summed E-state index contributed by atoms with van der Waals surface area (Å²) in [6.07, 6.45) is 1.60. The standard InChI is InChI=1S/C17H20FNO/c1-20-17-8-3-2-6-15(17)10-14(12-19)9-13-5-4-7-16(18)11-13/h2-8,11,14H,9-10,12,19H2,1H3. The molecule has 0 saturated carbocycles. The number of ether oxygens (including phenoxy) is 1. The molecule has 2 nitrogen and oxygen atoms in total. The highest BCUT2D eigenvalue weighted by atomic mass is 19.1. The van der Waals surface area contributed by atoms with Crippen molar-refractivity contribution in [1.29, 1.82) is 0 Å². The van der Waals surface area contributed by atoms with Gasteiger partial charge in [-0.3, -0.25) is 0 Å². The first-order valence-electron chi connectivity index (χ1n) is 6.79. The maximum atomic E-state index is 13.2. The smallest absolute Gasteiger partial charge is 0.123 e. The van der Waals surface area contributed by atoms with Gasteiger partial charge in [0.05, 0.1) is 7.11 Å². The first-order chi connectivity index (χ1) is 9.72. The highest BCUT2D eigenvalue weighted by Gasteiger charge is 2.12. The van der Waals surface area contributed by atoms with Crippen molar-refractivity contribution in [1.82, 2.24) is 0 Å². The van der Waals surface area contributed by atoms with Gasteiger partial charge in [0, 0.05) is 0 Å². The molecule has 2 aromatic carbocycles. The number of methoxy groups -OCH3 is 1. The molecule has 3 heteroatoms. The lowest BCUT2D eigenvalue weighted by molar-refractivity contribution is 0.404. The van der Waals surface area contributed by atoms with Crippen LogP contribution in [0.5, 0.6) is 5.75 Å². The van der Waals surface area contributed by atoms with E-state index in [9.17, 15) is 4.39 Å². The molecule has 0 aromatic heterocycles. The zero-order valence-electron chi connectivity index (χ0n) is 11.7. The molecule has 1 unspecified atom stereocenters. The van der Waals surface area contributed by atoms with Crippen molar-refractivity contribution in [3.05, 3.63) is 65.5 Å². The van der Waals surface area contributed by atoms with E-state index in [0.29, 0.717) is 6.54 Å². The Bertz CT molecular complexity index is 556. The van der Waals surface area contributed by atoms with Gasteiger partial charge in [-0.1, -0.05) is 30.3 Å². The van der Waals surface area contributed by atoms with E-state index >= 15 is 0 Å². The minimum absolute atomic E-state index is 0.199. The van der Waals surface area contributed by atoms with E-state index in [4.69, 9.17) is 10.5 Å². The number of nitrogens with two attached hydrogens (primary N) is 1. The number of halogens is 1. The summed E-state index contributed by atoms with van der Waals surface area (Å²) in [6, 6.07) is 14.7. The van der Waals surface area contributed by atoms with Crippen LogP contribution in [0.15, 0.2) is 48.5 Å². The molecular formula is C17H20FNO. The van der Waals surface area contributed by atoms with Crippen LogP contribution in [0.1, 0.15) is 11.1 Å². The van der Waals surface area contributed by atoms with Crippen molar-refractivity contribution in [2.24, 2.45) is 11.7 Å². The molecule has 2 aromatic rings. The number of rotatable bonds is 6. The van der Waals surface area contributed by atoms with Crippen LogP contribution in [0.3, 0.4) is 0 Å². The van der Waals surface area contributed by atoms with Crippen molar-refractivity contribution < 1.29 is 9.13 Å². The van der Waals surface area contributed by atoms with E-state index in [1.165, 1.54) is 6.07 Å². The van der Waals surface area contributed by atoms with Crippen LogP contribution in [0.25, 0.3) is 0 Å². The second-order valence-corrected chi connectivity index (χ2v) is 4.95. The zero-order chi connectivity index (χ0) is 14.4. The second kappa shape index (κ2) is 7.06. The third-order valence-electron chi connectivity index (χ3n) is 3.45. The summed E-state index contributed by atoms with van der Waals surface area (Å²) in [5.41, 5.74) is 7.99. The quantitative estimate of drug-likeness (QED) is 0.877. The highest BCUT2D eigenvalue weighted by molar-refractivity contribution is 5.33. The van der Waals surface area contributed by atoms with E-state index in [2.05, 4.69) is 0 Å². The fraction of sp³-hybridized carbons (Fsp3) is 0.294. The first-order valence-corrected chi connectivity index (χ1v) is 6.79. The Morgan fingerprint density at radius 2 is 1.90 bits per heavy atom. The maximum Gasteiger partial charge on any atom is 0.123 e. The molecule has 0 fully saturated rings. The molecule has 0 radical (unpaired) electrons. The second-order valence-electron chi connectivity index (χ2n) is 4.95. The Morgan fingerprint density at radius 1 is 1.10 bits per heavy atom. The Morgan fingerprint density at radius 3 is 2.60 bits per heavy atom. The molecule has 0 aliphatic heterocycles. The average Bonchev–Trinajstić information content (AvgIpc) is 2.47. The van der Waals surface area contributed by atoms with Crippen LogP contribution in [-0.2, 0) is 12.8 Å². The minimum Gasteiger partial charge on any atom is -0.496 e. The van der Waals surface area contributed by atoms with Crippen LogP contribution in [0.2, 0.25) is 0 Å². The molecule has 0 spiro atoms. The van der Waals surface area contributed by atoms with Crippen molar-refractivity contribution >= 4 is 0 Å². The number of hydrogen-bond acceptors (Lipinski definition) is 2. The van der Waals surface area contributed by atoms with E-state index in [0.717, 1.165) is 29.7 Å². The van der Waals surface area contributed by atoms with E-state index < -0.39 is 0 Å². The van der Waals surface area contributed by atoms with Crippen molar-refractivity contribution in [2.75, 3.05) is 13.7 Å². The highest BCUT2D eigenvalue weighted by Crippen LogP contribution is 2.22. The van der Waals surface area contributed by atoms with Gasteiger partial charge in [-0.15, -0.1) is 0 Å². The van der Waals surface area contributed by atoms with Gasteiger partial charge in [0.25, 0.3) is 0 Å². The zero-order valence-corrected chi connectivity index (χ0v) is 11.7. The summed E-state index contributed by atoms with van der Waals surface area (Å²) >= 11 is 0. The molecule has 1 atom stereocenters. The summed E-state index contributed by atoms with van der Waals surface area (Å²) in [5, 5.41) is 0. The van der Waals surface area contributed by atoms with Crippen LogP contribution in [-0.4, -0.2) is 13.7 Å². The molecule has 0 heterocycles. The van der Waals surface area contributed by atoms with Crippen LogP contribution < -0.4 is 10.5 Å². The van der Waals surface area contributed by atoms with E-state index in [1.54, 1.807) is 19.2 Å². The fourth-order valence-corrected chi connectivity index (χ4v) is 2.42. The molecule has 0 saturated heterocycles. The largest absolute Gasteiger partial charge is 0.496 e.